The van der Waals surface area contributed by atoms with E-state index in [0.717, 1.165) is 49.5 Å². The summed E-state index contributed by atoms with van der Waals surface area (Å²) in [4.78, 5) is 16.1. The number of hydrogen-bond donors (Lipinski definition) is 1. The summed E-state index contributed by atoms with van der Waals surface area (Å²) in [7, 11) is 0. The van der Waals surface area contributed by atoms with Crippen LogP contribution in [0.1, 0.15) is 30.4 Å². The zero-order chi connectivity index (χ0) is 32.7. The van der Waals surface area contributed by atoms with Crippen molar-refractivity contribution in [2.45, 2.75) is 50.8 Å². The van der Waals surface area contributed by atoms with Crippen LogP contribution in [-0.4, -0.2) is 51.5 Å². The van der Waals surface area contributed by atoms with Crippen molar-refractivity contribution in [3.8, 4) is 17.2 Å². The Morgan fingerprint density at radius 1 is 0.957 bits per heavy atom. The fourth-order valence-corrected chi connectivity index (χ4v) is 5.16. The third-order valence-electron chi connectivity index (χ3n) is 7.50. The Balaban J connectivity index is 1.00. The smallest absolute Gasteiger partial charge is 0.416 e. The van der Waals surface area contributed by atoms with Gasteiger partial charge in [-0.15, -0.1) is 0 Å². The lowest BCUT2D eigenvalue weighted by molar-refractivity contribution is -0.389. The average molecular weight is 661 g/mol. The Morgan fingerprint density at radius 3 is 2.17 bits per heavy atom. The molecule has 1 atom stereocenters. The summed E-state index contributed by atoms with van der Waals surface area (Å²) in [5, 5.41) is 21.1. The number of hydrogen-bond acceptors (Lipinski definition) is 8. The number of alkyl halides is 3. The van der Waals surface area contributed by atoms with Gasteiger partial charge < -0.3 is 34.3 Å². The number of nitrogens with zero attached hydrogens (tertiary/aromatic N) is 4. The van der Waals surface area contributed by atoms with Crippen molar-refractivity contribution >= 4 is 23.1 Å². The fourth-order valence-electron chi connectivity index (χ4n) is 4.94. The molecule has 244 valence electrons. The van der Waals surface area contributed by atoms with Gasteiger partial charge in [-0.2, -0.15) is 13.2 Å². The molecule has 1 aliphatic rings. The zero-order valence-electron chi connectivity index (χ0n) is 24.6. The van der Waals surface area contributed by atoms with Crippen LogP contribution in [0, 0.1) is 10.1 Å². The van der Waals surface area contributed by atoms with Crippen LogP contribution in [0.2, 0.25) is 5.28 Å². The van der Waals surface area contributed by atoms with Gasteiger partial charge in [-0.05, 0) is 94.2 Å². The van der Waals surface area contributed by atoms with Gasteiger partial charge in [0.15, 0.2) is 0 Å². The summed E-state index contributed by atoms with van der Waals surface area (Å²) < 4.78 is 57.2. The molecule has 5 rings (SSSR count). The van der Waals surface area contributed by atoms with Gasteiger partial charge >= 0.3 is 17.3 Å². The molecule has 2 heterocycles. The highest BCUT2D eigenvalue weighted by Gasteiger charge is 2.30. The predicted molar refractivity (Wildman–Crippen MR) is 165 cm³/mol. The number of aromatic nitrogens is 2. The number of aliphatic hydroxyl groups is 1. The maximum absolute atomic E-state index is 12.7. The molecule has 1 aliphatic heterocycles. The molecular formula is C32H32ClF3N4O6. The van der Waals surface area contributed by atoms with Crippen LogP contribution >= 0.6 is 11.6 Å². The number of imidazole rings is 1. The van der Waals surface area contributed by atoms with Gasteiger partial charge in [0, 0.05) is 38.2 Å². The van der Waals surface area contributed by atoms with Crippen molar-refractivity contribution in [2.24, 2.45) is 0 Å². The lowest BCUT2D eigenvalue weighted by Crippen LogP contribution is -2.38. The predicted octanol–water partition coefficient (Wildman–Crippen LogP) is 6.92. The van der Waals surface area contributed by atoms with Gasteiger partial charge in [0.2, 0.25) is 0 Å². The van der Waals surface area contributed by atoms with Crippen LogP contribution < -0.4 is 19.1 Å². The number of piperidine rings is 1. The second-order valence-electron chi connectivity index (χ2n) is 10.8. The largest absolute Gasteiger partial charge is 0.491 e. The third kappa shape index (κ3) is 9.04. The Bertz CT molecular complexity index is 1580. The van der Waals surface area contributed by atoms with E-state index in [9.17, 15) is 28.4 Å². The molecule has 3 aromatic carbocycles. The molecule has 10 nitrogen and oxygen atoms in total. The lowest BCUT2D eigenvalue weighted by atomic mass is 10.1. The summed E-state index contributed by atoms with van der Waals surface area (Å²) in [5.74, 6) is 1.59. The molecule has 0 spiro atoms. The first-order valence-corrected chi connectivity index (χ1v) is 15.0. The number of halogens is 4. The molecule has 0 saturated carbocycles. The highest BCUT2D eigenvalue weighted by molar-refractivity contribution is 6.28. The molecule has 1 saturated heterocycles. The topological polar surface area (TPSA) is 112 Å². The standard InChI is InChI=1S/C32H32ClF3N4O6/c33-31-37-30(40(42)43)19-39(31)16-13-25(41)21-45-26-7-5-24(6-8-26)38-17-14-29(15-18-38)46-28-11-9-27(10-12-28)44-20-22-1-3-23(4-2-22)32(34,35)36/h1-12,19,25,29,41H,13-18,20-21H2. The van der Waals surface area contributed by atoms with Crippen molar-refractivity contribution in [3.05, 3.63) is 106 Å². The minimum atomic E-state index is -4.36. The molecule has 0 bridgehead atoms. The fraction of sp³-hybridized carbons (Fsp3) is 0.344. The van der Waals surface area contributed by atoms with Crippen molar-refractivity contribution in [1.29, 1.82) is 0 Å². The van der Waals surface area contributed by atoms with Crippen molar-refractivity contribution in [3.63, 3.8) is 0 Å². The first-order valence-electron chi connectivity index (χ1n) is 14.6. The minimum absolute atomic E-state index is 0.00936. The first-order chi connectivity index (χ1) is 22.0. The van der Waals surface area contributed by atoms with Gasteiger partial charge in [-0.1, -0.05) is 12.1 Å². The maximum Gasteiger partial charge on any atom is 0.416 e. The molecule has 14 heteroatoms. The summed E-state index contributed by atoms with van der Waals surface area (Å²) in [6, 6.07) is 19.7. The van der Waals surface area contributed by atoms with Gasteiger partial charge in [0.05, 0.1) is 11.7 Å². The molecule has 1 aromatic heterocycles. The van der Waals surface area contributed by atoms with E-state index in [4.69, 9.17) is 25.8 Å². The highest BCUT2D eigenvalue weighted by Crippen LogP contribution is 2.30. The van der Waals surface area contributed by atoms with Crippen molar-refractivity contribution < 1.29 is 37.4 Å². The summed E-state index contributed by atoms with van der Waals surface area (Å²) in [6.45, 7) is 2.10. The second-order valence-corrected chi connectivity index (χ2v) is 11.2. The quantitative estimate of drug-likeness (QED) is 0.122. The molecule has 0 amide bonds. The molecule has 1 N–H and O–H groups in total. The van der Waals surface area contributed by atoms with E-state index in [0.29, 0.717) is 17.1 Å². The van der Waals surface area contributed by atoms with Crippen LogP contribution in [0.4, 0.5) is 24.7 Å². The van der Waals surface area contributed by atoms with Crippen LogP contribution in [0.15, 0.2) is 79.0 Å². The SMILES string of the molecule is O=[N+]([O-])c1cn(CCC(O)COc2ccc(N3CCC(Oc4ccc(OCc5ccc(C(F)(F)F)cc5)cc4)CC3)cc2)c(Cl)n1. The van der Waals surface area contributed by atoms with E-state index in [1.165, 1.54) is 22.9 Å². The summed E-state index contributed by atoms with van der Waals surface area (Å²) >= 11 is 5.91. The normalized spacial score (nSPS) is 14.6. The highest BCUT2D eigenvalue weighted by atomic mass is 35.5. The number of aliphatic hydroxyl groups excluding tert-OH is 1. The van der Waals surface area contributed by atoms with Crippen molar-refractivity contribution in [1.82, 2.24) is 9.55 Å². The van der Waals surface area contributed by atoms with Gasteiger partial charge in [0.25, 0.3) is 0 Å². The minimum Gasteiger partial charge on any atom is -0.491 e. The number of nitro groups is 1. The van der Waals surface area contributed by atoms with Gasteiger partial charge in [0.1, 0.15) is 42.8 Å². The van der Waals surface area contributed by atoms with Crippen LogP contribution in [0.25, 0.3) is 0 Å². The van der Waals surface area contributed by atoms with E-state index >= 15 is 0 Å². The van der Waals surface area contributed by atoms with Gasteiger partial charge in [-0.3, -0.25) is 4.57 Å². The summed E-state index contributed by atoms with van der Waals surface area (Å²) in [5.41, 5.74) is 1.00. The maximum atomic E-state index is 12.7. The number of aryl methyl sites for hydroxylation is 1. The summed E-state index contributed by atoms with van der Waals surface area (Å²) in [6.07, 6.45) is -1.92. The molecule has 0 radical (unpaired) electrons. The monoisotopic (exact) mass is 660 g/mol. The van der Waals surface area contributed by atoms with E-state index in [1.54, 1.807) is 12.1 Å². The van der Waals surface area contributed by atoms with Crippen LogP contribution in [-0.2, 0) is 19.3 Å². The molecular weight excluding hydrogens is 629 g/mol. The molecule has 1 unspecified atom stereocenters. The number of rotatable bonds is 13. The van der Waals surface area contributed by atoms with E-state index < -0.39 is 22.8 Å². The van der Waals surface area contributed by atoms with Crippen LogP contribution in [0.5, 0.6) is 17.2 Å². The molecule has 46 heavy (non-hydrogen) atoms. The molecule has 0 aliphatic carbocycles. The lowest BCUT2D eigenvalue weighted by Gasteiger charge is -2.33. The van der Waals surface area contributed by atoms with Gasteiger partial charge in [-0.25, -0.2) is 0 Å². The zero-order valence-corrected chi connectivity index (χ0v) is 25.4. The Kier molecular flexibility index (Phi) is 10.5. The Hall–Kier alpha value is -4.49. The van der Waals surface area contributed by atoms with Crippen molar-refractivity contribution in [2.75, 3.05) is 24.6 Å². The van der Waals surface area contributed by atoms with E-state index in [1.807, 2.05) is 36.4 Å². The third-order valence-corrected chi connectivity index (χ3v) is 7.81. The number of anilines is 1. The number of benzene rings is 3. The van der Waals surface area contributed by atoms with E-state index in [-0.39, 0.29) is 43.4 Å². The second kappa shape index (κ2) is 14.7. The average Bonchev–Trinajstić information content (AvgIpc) is 3.43. The van der Waals surface area contributed by atoms with E-state index in [2.05, 4.69) is 9.88 Å². The Labute approximate surface area is 268 Å². The Morgan fingerprint density at radius 2 is 1.57 bits per heavy atom. The number of ether oxygens (including phenoxy) is 3. The molecule has 4 aromatic rings. The molecule has 1 fully saturated rings. The van der Waals surface area contributed by atoms with Crippen LogP contribution in [0.3, 0.4) is 0 Å². The first kappa shape index (κ1) is 32.9.